The molecule has 2 heterocycles. The summed E-state index contributed by atoms with van der Waals surface area (Å²) in [6.45, 7) is 3.30. The van der Waals surface area contributed by atoms with Gasteiger partial charge in [-0.1, -0.05) is 42.5 Å². The number of nitrogens with zero attached hydrogens (tertiary/aromatic N) is 1. The zero-order valence-electron chi connectivity index (χ0n) is 16.5. The third-order valence-corrected chi connectivity index (χ3v) is 5.40. The van der Waals surface area contributed by atoms with Gasteiger partial charge in [0, 0.05) is 28.5 Å². The lowest BCUT2D eigenvalue weighted by molar-refractivity contribution is -0.133. The molecular formula is C24H20N2O4. The number of dihydropyridines is 1. The molecule has 0 amide bonds. The molecule has 0 radical (unpaired) electrons. The number of aromatic nitrogens is 1. The van der Waals surface area contributed by atoms with E-state index >= 15 is 0 Å². The molecule has 0 spiro atoms. The summed E-state index contributed by atoms with van der Waals surface area (Å²) >= 11 is 0. The highest BCUT2D eigenvalue weighted by molar-refractivity contribution is 6.00. The van der Waals surface area contributed by atoms with Crippen LogP contribution in [0, 0.1) is 0 Å². The minimum atomic E-state index is -1.15. The number of benzene rings is 2. The van der Waals surface area contributed by atoms with Gasteiger partial charge in [0.05, 0.1) is 22.6 Å². The molecule has 150 valence electrons. The number of aliphatic carboxylic acids is 2. The summed E-state index contributed by atoms with van der Waals surface area (Å²) in [7, 11) is 0. The van der Waals surface area contributed by atoms with Crippen molar-refractivity contribution in [2.75, 3.05) is 0 Å². The molecule has 4 rings (SSSR count). The van der Waals surface area contributed by atoms with Crippen molar-refractivity contribution in [1.29, 1.82) is 0 Å². The van der Waals surface area contributed by atoms with Crippen molar-refractivity contribution >= 4 is 22.8 Å². The standard InChI is InChI=1S/C24H20N2O4/c1-13-20(23(27)28)22(21(24(29)30)14(2)26-13)17-9-6-10-19-18(17)11-16(12-25-19)15-7-4-3-5-8-15/h3-12,22,26H,1-2H3,(H,27,28)(H,29,30). The Morgan fingerprint density at radius 2 is 1.50 bits per heavy atom. The van der Waals surface area contributed by atoms with Crippen LogP contribution >= 0.6 is 0 Å². The predicted octanol–water partition coefficient (Wildman–Crippen LogP) is 4.31. The highest BCUT2D eigenvalue weighted by Crippen LogP contribution is 2.41. The fourth-order valence-electron chi connectivity index (χ4n) is 4.08. The number of rotatable bonds is 4. The summed E-state index contributed by atoms with van der Waals surface area (Å²) < 4.78 is 0. The maximum atomic E-state index is 12.1. The minimum absolute atomic E-state index is 0.0237. The van der Waals surface area contributed by atoms with E-state index < -0.39 is 17.9 Å². The average molecular weight is 400 g/mol. The largest absolute Gasteiger partial charge is 0.478 e. The first-order chi connectivity index (χ1) is 14.4. The molecule has 1 aliphatic heterocycles. The van der Waals surface area contributed by atoms with Crippen molar-refractivity contribution in [3.05, 3.63) is 88.9 Å². The Labute approximate surface area is 173 Å². The van der Waals surface area contributed by atoms with Gasteiger partial charge in [0.2, 0.25) is 0 Å². The quantitative estimate of drug-likeness (QED) is 0.604. The van der Waals surface area contributed by atoms with E-state index in [-0.39, 0.29) is 11.1 Å². The number of hydrogen-bond donors (Lipinski definition) is 3. The smallest absolute Gasteiger partial charge is 0.334 e. The molecule has 0 atom stereocenters. The lowest BCUT2D eigenvalue weighted by atomic mass is 9.79. The summed E-state index contributed by atoms with van der Waals surface area (Å²) in [4.78, 5) is 28.8. The van der Waals surface area contributed by atoms with Gasteiger partial charge in [0.25, 0.3) is 0 Å². The third kappa shape index (κ3) is 3.22. The number of carbonyl (C=O) groups is 2. The number of hydrogen-bond acceptors (Lipinski definition) is 4. The van der Waals surface area contributed by atoms with E-state index in [2.05, 4.69) is 10.3 Å². The van der Waals surface area contributed by atoms with Crippen LogP contribution in [0.25, 0.3) is 22.0 Å². The van der Waals surface area contributed by atoms with E-state index in [1.807, 2.05) is 42.5 Å². The van der Waals surface area contributed by atoms with Crippen LogP contribution < -0.4 is 5.32 Å². The molecule has 0 saturated carbocycles. The van der Waals surface area contributed by atoms with Gasteiger partial charge in [-0.2, -0.15) is 0 Å². The first-order valence-corrected chi connectivity index (χ1v) is 9.47. The topological polar surface area (TPSA) is 99.5 Å². The molecule has 6 nitrogen and oxygen atoms in total. The van der Waals surface area contributed by atoms with Crippen molar-refractivity contribution in [3.63, 3.8) is 0 Å². The molecule has 0 saturated heterocycles. The number of fused-ring (bicyclic) bond motifs is 1. The Kier molecular flexibility index (Phi) is 4.83. The van der Waals surface area contributed by atoms with E-state index in [0.717, 1.165) is 16.5 Å². The highest BCUT2D eigenvalue weighted by Gasteiger charge is 2.37. The van der Waals surface area contributed by atoms with Crippen molar-refractivity contribution in [3.8, 4) is 11.1 Å². The maximum Gasteiger partial charge on any atom is 0.334 e. The van der Waals surface area contributed by atoms with Crippen molar-refractivity contribution < 1.29 is 19.8 Å². The van der Waals surface area contributed by atoms with E-state index in [1.54, 1.807) is 32.2 Å². The summed E-state index contributed by atoms with van der Waals surface area (Å²) in [5, 5.41) is 23.4. The SMILES string of the molecule is CC1=C(C(=O)O)C(c2cccc3ncc(-c4ccccc4)cc23)C(C(=O)O)=C(C)N1. The Morgan fingerprint density at radius 3 is 2.10 bits per heavy atom. The van der Waals surface area contributed by atoms with Crippen LogP contribution in [0.2, 0.25) is 0 Å². The molecule has 6 heteroatoms. The van der Waals surface area contributed by atoms with Crippen LogP contribution in [0.1, 0.15) is 25.3 Å². The van der Waals surface area contributed by atoms with E-state index in [9.17, 15) is 19.8 Å². The fraction of sp³-hybridized carbons (Fsp3) is 0.125. The summed E-state index contributed by atoms with van der Waals surface area (Å²) in [6.07, 6.45) is 1.77. The van der Waals surface area contributed by atoms with Gasteiger partial charge >= 0.3 is 11.9 Å². The number of nitrogens with one attached hydrogen (secondary N) is 1. The van der Waals surface area contributed by atoms with Gasteiger partial charge in [0.1, 0.15) is 0 Å². The highest BCUT2D eigenvalue weighted by atomic mass is 16.4. The van der Waals surface area contributed by atoms with Crippen molar-refractivity contribution in [2.45, 2.75) is 19.8 Å². The van der Waals surface area contributed by atoms with E-state index in [0.29, 0.717) is 22.5 Å². The minimum Gasteiger partial charge on any atom is -0.478 e. The van der Waals surface area contributed by atoms with Crippen LogP contribution in [0.4, 0.5) is 0 Å². The molecule has 0 aliphatic carbocycles. The molecule has 3 aromatic rings. The normalized spacial score (nSPS) is 14.7. The first kappa shape index (κ1) is 19.4. The maximum absolute atomic E-state index is 12.1. The van der Waals surface area contributed by atoms with Crippen LogP contribution in [0.3, 0.4) is 0 Å². The first-order valence-electron chi connectivity index (χ1n) is 9.47. The molecule has 1 aromatic heterocycles. The van der Waals surface area contributed by atoms with Gasteiger partial charge < -0.3 is 15.5 Å². The molecule has 2 aromatic carbocycles. The number of allylic oxidation sites excluding steroid dienone is 2. The van der Waals surface area contributed by atoms with Gasteiger partial charge in [-0.25, -0.2) is 9.59 Å². The lowest BCUT2D eigenvalue weighted by Crippen LogP contribution is -2.31. The Morgan fingerprint density at radius 1 is 0.867 bits per heavy atom. The Bertz CT molecular complexity index is 1210. The summed E-state index contributed by atoms with van der Waals surface area (Å²) in [6, 6.07) is 17.1. The molecule has 1 aliphatic rings. The molecule has 30 heavy (non-hydrogen) atoms. The number of carboxylic acids is 2. The molecule has 0 fully saturated rings. The van der Waals surface area contributed by atoms with Gasteiger partial charge in [-0.15, -0.1) is 0 Å². The molecular weight excluding hydrogens is 380 g/mol. The van der Waals surface area contributed by atoms with E-state index in [1.165, 1.54) is 0 Å². The second-order valence-corrected chi connectivity index (χ2v) is 7.25. The second kappa shape index (κ2) is 7.48. The van der Waals surface area contributed by atoms with Crippen LogP contribution in [0.5, 0.6) is 0 Å². The molecule has 0 bridgehead atoms. The van der Waals surface area contributed by atoms with Crippen LogP contribution in [-0.4, -0.2) is 27.1 Å². The van der Waals surface area contributed by atoms with Crippen LogP contribution in [-0.2, 0) is 9.59 Å². The van der Waals surface area contributed by atoms with Gasteiger partial charge in [0.15, 0.2) is 0 Å². The van der Waals surface area contributed by atoms with Crippen molar-refractivity contribution in [2.24, 2.45) is 0 Å². The molecule has 3 N–H and O–H groups in total. The van der Waals surface area contributed by atoms with Gasteiger partial charge in [-0.05, 0) is 37.1 Å². The number of carboxylic acid groups (broad SMARTS) is 2. The average Bonchev–Trinajstić information content (AvgIpc) is 2.72. The lowest BCUT2D eigenvalue weighted by Gasteiger charge is -2.29. The van der Waals surface area contributed by atoms with Crippen molar-refractivity contribution in [1.82, 2.24) is 10.3 Å². The second-order valence-electron chi connectivity index (χ2n) is 7.25. The Hall–Kier alpha value is -3.93. The third-order valence-electron chi connectivity index (χ3n) is 5.40. The predicted molar refractivity (Wildman–Crippen MR) is 114 cm³/mol. The van der Waals surface area contributed by atoms with Gasteiger partial charge in [-0.3, -0.25) is 4.98 Å². The molecule has 0 unspecified atom stereocenters. The monoisotopic (exact) mass is 400 g/mol. The summed E-state index contributed by atoms with van der Waals surface area (Å²) in [5.74, 6) is -3.22. The van der Waals surface area contributed by atoms with Crippen LogP contribution in [0.15, 0.2) is 83.3 Å². The fourth-order valence-corrected chi connectivity index (χ4v) is 4.08. The summed E-state index contributed by atoms with van der Waals surface area (Å²) in [5.41, 5.74) is 4.04. The zero-order valence-corrected chi connectivity index (χ0v) is 16.5. The zero-order chi connectivity index (χ0) is 21.4. The van der Waals surface area contributed by atoms with E-state index in [4.69, 9.17) is 0 Å². The number of pyridine rings is 1. The Balaban J connectivity index is 2.01.